The minimum Gasteiger partial charge on any atom is -0.494 e. The number of aromatic nitrogens is 3. The van der Waals surface area contributed by atoms with Gasteiger partial charge in [0.15, 0.2) is 27.6 Å². The molecule has 3 aromatic rings. The van der Waals surface area contributed by atoms with Crippen molar-refractivity contribution in [3.8, 4) is 5.75 Å². The summed E-state index contributed by atoms with van der Waals surface area (Å²) in [6.45, 7) is 2.15. The third-order valence-corrected chi connectivity index (χ3v) is 6.16. The summed E-state index contributed by atoms with van der Waals surface area (Å²) in [7, 11) is 3.29. The number of rotatable bonds is 7. The number of nitrogens with zero attached hydrogens (tertiary/aromatic N) is 4. The van der Waals surface area contributed by atoms with Crippen LogP contribution >= 0.6 is 11.8 Å². The third-order valence-electron chi connectivity index (χ3n) is 5.19. The first kappa shape index (κ1) is 20.6. The Labute approximate surface area is 178 Å². The molecule has 1 aliphatic rings. The molecule has 3 heterocycles. The van der Waals surface area contributed by atoms with E-state index < -0.39 is 5.82 Å². The highest BCUT2D eigenvalue weighted by atomic mass is 32.2. The first-order chi connectivity index (χ1) is 14.5. The Kier molecular flexibility index (Phi) is 6.19. The van der Waals surface area contributed by atoms with E-state index in [2.05, 4.69) is 15.1 Å². The Morgan fingerprint density at radius 2 is 2.23 bits per heavy atom. The minimum atomic E-state index is -0.514. The fourth-order valence-corrected chi connectivity index (χ4v) is 4.39. The molecule has 2 aromatic heterocycles. The van der Waals surface area contributed by atoms with Crippen LogP contribution in [0.4, 0.5) is 4.39 Å². The van der Waals surface area contributed by atoms with Crippen molar-refractivity contribution in [3.05, 3.63) is 53.8 Å². The second-order valence-corrected chi connectivity index (χ2v) is 8.31. The lowest BCUT2D eigenvalue weighted by atomic mass is 9.90. The maximum absolute atomic E-state index is 14.0. The van der Waals surface area contributed by atoms with Crippen LogP contribution in [0.1, 0.15) is 29.0 Å². The number of ether oxygens (including phenoxy) is 1. The van der Waals surface area contributed by atoms with E-state index in [1.165, 1.54) is 31.0 Å². The molecule has 0 amide bonds. The van der Waals surface area contributed by atoms with E-state index in [9.17, 15) is 9.18 Å². The second-order valence-electron chi connectivity index (χ2n) is 7.34. The van der Waals surface area contributed by atoms with E-state index in [4.69, 9.17) is 9.15 Å². The van der Waals surface area contributed by atoms with Crippen LogP contribution in [0.5, 0.6) is 5.75 Å². The SMILES string of the molecule is COc1ccc(C(=O)[C@H]2CCCN(Cc3ccc(Sc4nncn4C)o3)C2)cc1F. The van der Waals surface area contributed by atoms with Gasteiger partial charge in [0.05, 0.1) is 13.7 Å². The number of aryl methyl sites for hydroxylation is 1. The summed E-state index contributed by atoms with van der Waals surface area (Å²) < 4.78 is 26.7. The molecule has 1 fully saturated rings. The van der Waals surface area contributed by atoms with Crippen LogP contribution < -0.4 is 4.74 Å². The van der Waals surface area contributed by atoms with Crippen LogP contribution in [0, 0.1) is 11.7 Å². The standard InChI is InChI=1S/C21H23FN4O3S/c1-25-13-23-24-21(25)30-19-8-6-16(29-19)12-26-9-3-4-15(11-26)20(27)14-5-7-18(28-2)17(22)10-14/h5-8,10,13,15H,3-4,9,11-12H2,1-2H3/t15-/m0/s1. The van der Waals surface area contributed by atoms with Gasteiger partial charge in [0, 0.05) is 25.1 Å². The topological polar surface area (TPSA) is 73.4 Å². The van der Waals surface area contributed by atoms with Crippen molar-refractivity contribution in [2.75, 3.05) is 20.2 Å². The van der Waals surface area contributed by atoms with E-state index in [0.29, 0.717) is 18.7 Å². The average Bonchev–Trinajstić information content (AvgIpc) is 3.36. The molecule has 0 bridgehead atoms. The quantitative estimate of drug-likeness (QED) is 0.528. The predicted molar refractivity (Wildman–Crippen MR) is 109 cm³/mol. The number of piperidine rings is 1. The van der Waals surface area contributed by atoms with Crippen molar-refractivity contribution < 1.29 is 18.3 Å². The molecule has 30 heavy (non-hydrogen) atoms. The van der Waals surface area contributed by atoms with Gasteiger partial charge in [0.25, 0.3) is 0 Å². The van der Waals surface area contributed by atoms with Crippen LogP contribution in [-0.2, 0) is 13.6 Å². The average molecular weight is 431 g/mol. The van der Waals surface area contributed by atoms with E-state index in [0.717, 1.165) is 35.4 Å². The van der Waals surface area contributed by atoms with Gasteiger partial charge in [-0.25, -0.2) is 4.39 Å². The van der Waals surface area contributed by atoms with Gasteiger partial charge in [-0.15, -0.1) is 10.2 Å². The molecule has 158 valence electrons. The molecule has 0 spiro atoms. The Morgan fingerprint density at radius 3 is 2.97 bits per heavy atom. The molecule has 0 N–H and O–H groups in total. The summed E-state index contributed by atoms with van der Waals surface area (Å²) in [4.78, 5) is 15.1. The summed E-state index contributed by atoms with van der Waals surface area (Å²) in [5, 5.41) is 9.41. The zero-order valence-corrected chi connectivity index (χ0v) is 17.7. The highest BCUT2D eigenvalue weighted by Crippen LogP contribution is 2.29. The van der Waals surface area contributed by atoms with Crippen molar-refractivity contribution in [2.45, 2.75) is 29.6 Å². The van der Waals surface area contributed by atoms with Gasteiger partial charge in [0.2, 0.25) is 0 Å². The molecule has 1 aromatic carbocycles. The zero-order valence-electron chi connectivity index (χ0n) is 16.9. The molecule has 1 atom stereocenters. The zero-order chi connectivity index (χ0) is 21.1. The molecule has 4 rings (SSSR count). The summed E-state index contributed by atoms with van der Waals surface area (Å²) >= 11 is 1.42. The molecule has 7 nitrogen and oxygen atoms in total. The van der Waals surface area contributed by atoms with Gasteiger partial charge >= 0.3 is 0 Å². The van der Waals surface area contributed by atoms with Crippen molar-refractivity contribution >= 4 is 17.5 Å². The van der Waals surface area contributed by atoms with E-state index in [-0.39, 0.29) is 17.5 Å². The number of furan rings is 1. The fraction of sp³-hybridized carbons (Fsp3) is 0.381. The molecule has 0 aliphatic carbocycles. The highest BCUT2D eigenvalue weighted by molar-refractivity contribution is 7.99. The second kappa shape index (κ2) is 9.01. The Balaban J connectivity index is 1.38. The molecule has 0 saturated carbocycles. The summed E-state index contributed by atoms with van der Waals surface area (Å²) in [5.41, 5.74) is 0.389. The van der Waals surface area contributed by atoms with Gasteiger partial charge in [-0.2, -0.15) is 0 Å². The van der Waals surface area contributed by atoms with E-state index in [1.54, 1.807) is 12.4 Å². The molecule has 0 unspecified atom stereocenters. The first-order valence-corrected chi connectivity index (χ1v) is 10.6. The molecule has 0 radical (unpaired) electrons. The maximum Gasteiger partial charge on any atom is 0.198 e. The molecule has 1 saturated heterocycles. The number of carbonyl (C=O) groups excluding carboxylic acids is 1. The van der Waals surface area contributed by atoms with Crippen molar-refractivity contribution in [2.24, 2.45) is 13.0 Å². The van der Waals surface area contributed by atoms with Crippen molar-refractivity contribution in [1.29, 1.82) is 0 Å². The number of benzene rings is 1. The number of likely N-dealkylation sites (tertiary alicyclic amines) is 1. The van der Waals surface area contributed by atoms with Gasteiger partial charge in [-0.05, 0) is 61.5 Å². The normalized spacial score (nSPS) is 17.2. The molecular weight excluding hydrogens is 407 g/mol. The molecule has 9 heteroatoms. The van der Waals surface area contributed by atoms with Gasteiger partial charge in [0.1, 0.15) is 12.1 Å². The van der Waals surface area contributed by atoms with Crippen molar-refractivity contribution in [1.82, 2.24) is 19.7 Å². The van der Waals surface area contributed by atoms with Crippen LogP contribution in [0.15, 0.2) is 51.3 Å². The Bertz CT molecular complexity index is 1030. The molecule has 1 aliphatic heterocycles. The Hall–Kier alpha value is -2.65. The summed E-state index contributed by atoms with van der Waals surface area (Å²) in [6, 6.07) is 8.26. The maximum atomic E-state index is 14.0. The van der Waals surface area contributed by atoms with E-state index >= 15 is 0 Å². The van der Waals surface area contributed by atoms with Gasteiger partial charge in [-0.1, -0.05) is 0 Å². The number of hydrogen-bond acceptors (Lipinski definition) is 7. The van der Waals surface area contributed by atoms with E-state index in [1.807, 2.05) is 23.7 Å². The lowest BCUT2D eigenvalue weighted by Crippen LogP contribution is -2.38. The molecular formula is C21H23FN4O3S. The van der Waals surface area contributed by atoms with Crippen LogP contribution in [-0.4, -0.2) is 45.6 Å². The van der Waals surface area contributed by atoms with Gasteiger partial charge in [-0.3, -0.25) is 9.69 Å². The number of halogens is 1. The van der Waals surface area contributed by atoms with Crippen LogP contribution in [0.25, 0.3) is 0 Å². The van der Waals surface area contributed by atoms with Crippen molar-refractivity contribution in [3.63, 3.8) is 0 Å². The number of hydrogen-bond donors (Lipinski definition) is 0. The highest BCUT2D eigenvalue weighted by Gasteiger charge is 2.27. The summed E-state index contributed by atoms with van der Waals surface area (Å²) in [5.74, 6) is 0.278. The number of carbonyl (C=O) groups is 1. The monoisotopic (exact) mass is 430 g/mol. The minimum absolute atomic E-state index is 0.0285. The van der Waals surface area contributed by atoms with Gasteiger partial charge < -0.3 is 13.7 Å². The number of Topliss-reactive ketones (excluding diaryl/α,β-unsaturated/α-hetero) is 1. The largest absolute Gasteiger partial charge is 0.494 e. The lowest BCUT2D eigenvalue weighted by molar-refractivity contribution is 0.0800. The van der Waals surface area contributed by atoms with Crippen LogP contribution in [0.3, 0.4) is 0 Å². The summed E-state index contributed by atoms with van der Waals surface area (Å²) in [6.07, 6.45) is 3.36. The fourth-order valence-electron chi connectivity index (χ4n) is 3.64. The first-order valence-electron chi connectivity index (χ1n) is 9.74. The Morgan fingerprint density at radius 1 is 1.37 bits per heavy atom. The predicted octanol–water partition coefficient (Wildman–Crippen LogP) is 3.80. The number of ketones is 1. The number of methoxy groups -OCH3 is 1. The van der Waals surface area contributed by atoms with Crippen LogP contribution in [0.2, 0.25) is 0 Å². The smallest absolute Gasteiger partial charge is 0.198 e. The lowest BCUT2D eigenvalue weighted by Gasteiger charge is -2.31. The third kappa shape index (κ3) is 4.57.